The highest BCUT2D eigenvalue weighted by Gasteiger charge is 2.43. The number of carboxylic acid groups (broad SMARTS) is 1. The molecule has 0 aromatic rings. The molecular weight excluding hydrogens is 236 g/mol. The number of rotatable bonds is 2. The van der Waals surface area contributed by atoms with Crippen LogP contribution in [0.2, 0.25) is 0 Å². The van der Waals surface area contributed by atoms with E-state index in [2.05, 4.69) is 0 Å². The highest BCUT2D eigenvalue weighted by atomic mass is 16.5. The molecule has 0 aromatic heterocycles. The molecule has 18 heavy (non-hydrogen) atoms. The smallest absolute Gasteiger partial charge is 0.326 e. The zero-order valence-corrected chi connectivity index (χ0v) is 10.4. The first-order valence-electron chi connectivity index (χ1n) is 6.45. The van der Waals surface area contributed by atoms with Gasteiger partial charge in [-0.1, -0.05) is 0 Å². The molecule has 2 rings (SSSR count). The normalized spacial score (nSPS) is 27.8. The van der Waals surface area contributed by atoms with Crippen LogP contribution in [0.4, 0.5) is 0 Å². The van der Waals surface area contributed by atoms with Gasteiger partial charge < -0.3 is 20.5 Å². The van der Waals surface area contributed by atoms with E-state index in [9.17, 15) is 14.7 Å². The molecule has 2 aliphatic rings. The molecule has 3 N–H and O–H groups in total. The third-order valence-electron chi connectivity index (χ3n) is 3.86. The Kier molecular flexibility index (Phi) is 3.87. The van der Waals surface area contributed by atoms with Gasteiger partial charge in [-0.15, -0.1) is 0 Å². The fourth-order valence-electron chi connectivity index (χ4n) is 2.67. The number of likely N-dealkylation sites (tertiary alicyclic amines) is 1. The number of hydrogen-bond donors (Lipinski definition) is 2. The molecule has 0 radical (unpaired) electrons. The number of piperidine rings is 1. The first-order chi connectivity index (χ1) is 8.54. The number of carboxylic acids is 1. The Balaban J connectivity index is 2.12. The number of ether oxygens (including phenoxy) is 1. The molecule has 0 aliphatic carbocycles. The first kappa shape index (κ1) is 13.3. The van der Waals surface area contributed by atoms with Gasteiger partial charge in [0.15, 0.2) is 0 Å². The summed E-state index contributed by atoms with van der Waals surface area (Å²) in [6, 6.07) is -0.713. The molecule has 0 aromatic carbocycles. The van der Waals surface area contributed by atoms with Gasteiger partial charge in [0.05, 0.1) is 5.54 Å². The number of aliphatic carboxylic acids is 1. The van der Waals surface area contributed by atoms with Gasteiger partial charge in [0.25, 0.3) is 0 Å². The fraction of sp³-hybridized carbons (Fsp3) is 0.833. The molecule has 0 bridgehead atoms. The van der Waals surface area contributed by atoms with Crippen LogP contribution in [0.3, 0.4) is 0 Å². The van der Waals surface area contributed by atoms with Gasteiger partial charge in [-0.05, 0) is 32.1 Å². The van der Waals surface area contributed by atoms with Crippen molar-refractivity contribution in [2.75, 3.05) is 19.8 Å². The average molecular weight is 256 g/mol. The van der Waals surface area contributed by atoms with Crippen molar-refractivity contribution >= 4 is 11.9 Å². The van der Waals surface area contributed by atoms with Crippen molar-refractivity contribution < 1.29 is 19.4 Å². The summed E-state index contributed by atoms with van der Waals surface area (Å²) in [5.41, 5.74) is 5.19. The lowest BCUT2D eigenvalue weighted by Gasteiger charge is -2.41. The van der Waals surface area contributed by atoms with E-state index in [1.165, 1.54) is 4.90 Å². The zero-order valence-electron chi connectivity index (χ0n) is 10.4. The van der Waals surface area contributed by atoms with Crippen molar-refractivity contribution in [3.63, 3.8) is 0 Å². The molecule has 0 saturated carbocycles. The summed E-state index contributed by atoms with van der Waals surface area (Å²) < 4.78 is 5.21. The number of carbonyl (C=O) groups excluding carboxylic acids is 1. The molecule has 1 amide bonds. The van der Waals surface area contributed by atoms with Crippen LogP contribution >= 0.6 is 0 Å². The lowest BCUT2D eigenvalue weighted by Crippen LogP contribution is -2.62. The topological polar surface area (TPSA) is 92.9 Å². The second-order valence-electron chi connectivity index (χ2n) is 5.12. The van der Waals surface area contributed by atoms with E-state index in [0.29, 0.717) is 39.0 Å². The lowest BCUT2D eigenvalue weighted by atomic mass is 9.88. The second-order valence-corrected chi connectivity index (χ2v) is 5.12. The van der Waals surface area contributed by atoms with E-state index in [1.54, 1.807) is 0 Å². The number of nitrogens with two attached hydrogens (primary N) is 1. The minimum Gasteiger partial charge on any atom is -0.480 e. The molecule has 6 heteroatoms. The third kappa shape index (κ3) is 2.49. The van der Waals surface area contributed by atoms with Crippen LogP contribution in [-0.4, -0.2) is 53.2 Å². The Morgan fingerprint density at radius 2 is 1.94 bits per heavy atom. The van der Waals surface area contributed by atoms with Crippen molar-refractivity contribution in [2.45, 2.75) is 43.7 Å². The van der Waals surface area contributed by atoms with E-state index >= 15 is 0 Å². The largest absolute Gasteiger partial charge is 0.480 e. The van der Waals surface area contributed by atoms with Crippen LogP contribution in [-0.2, 0) is 14.3 Å². The van der Waals surface area contributed by atoms with Gasteiger partial charge in [-0.3, -0.25) is 4.79 Å². The van der Waals surface area contributed by atoms with Crippen LogP contribution in [0, 0.1) is 0 Å². The maximum atomic E-state index is 12.5. The highest BCUT2D eigenvalue weighted by molar-refractivity contribution is 5.90. The number of nitrogens with zero attached hydrogens (tertiary/aromatic N) is 1. The number of carbonyl (C=O) groups is 2. The Labute approximate surface area is 106 Å². The van der Waals surface area contributed by atoms with Crippen LogP contribution < -0.4 is 5.73 Å². The Morgan fingerprint density at radius 1 is 1.28 bits per heavy atom. The molecule has 102 valence electrons. The standard InChI is InChI=1S/C12H20N2O4/c13-12(4-7-18-8-5-12)11(17)14-6-2-1-3-9(14)10(15)16/h9H,1-8,13H2,(H,15,16)/t9-/m1/s1. The van der Waals surface area contributed by atoms with Gasteiger partial charge in [0, 0.05) is 19.8 Å². The third-order valence-corrected chi connectivity index (χ3v) is 3.86. The fourth-order valence-corrected chi connectivity index (χ4v) is 2.67. The van der Waals surface area contributed by atoms with Crippen molar-refractivity contribution in [3.8, 4) is 0 Å². The Hall–Kier alpha value is -1.14. The Morgan fingerprint density at radius 3 is 2.56 bits per heavy atom. The maximum absolute atomic E-state index is 12.5. The van der Waals surface area contributed by atoms with E-state index in [-0.39, 0.29) is 5.91 Å². The van der Waals surface area contributed by atoms with Crippen LogP contribution in [0.25, 0.3) is 0 Å². The average Bonchev–Trinajstić information content (AvgIpc) is 2.38. The second kappa shape index (κ2) is 5.24. The Bertz CT molecular complexity index is 339. The van der Waals surface area contributed by atoms with Crippen molar-refractivity contribution in [3.05, 3.63) is 0 Å². The van der Waals surface area contributed by atoms with Gasteiger partial charge in [-0.2, -0.15) is 0 Å². The molecule has 2 saturated heterocycles. The molecule has 1 atom stereocenters. The molecule has 2 aliphatic heterocycles. The van der Waals surface area contributed by atoms with Gasteiger partial charge in [0.1, 0.15) is 6.04 Å². The van der Waals surface area contributed by atoms with E-state index in [4.69, 9.17) is 10.5 Å². The minimum atomic E-state index is -0.941. The summed E-state index contributed by atoms with van der Waals surface area (Å²) >= 11 is 0. The monoisotopic (exact) mass is 256 g/mol. The van der Waals surface area contributed by atoms with E-state index in [0.717, 1.165) is 12.8 Å². The lowest BCUT2D eigenvalue weighted by molar-refractivity contribution is -0.156. The van der Waals surface area contributed by atoms with Crippen LogP contribution in [0.1, 0.15) is 32.1 Å². The van der Waals surface area contributed by atoms with E-state index < -0.39 is 17.6 Å². The highest BCUT2D eigenvalue weighted by Crippen LogP contribution is 2.25. The molecule has 0 unspecified atom stereocenters. The SMILES string of the molecule is NC1(C(=O)N2CCCC[C@@H]2C(=O)O)CCOCC1. The number of amides is 1. The molecule has 2 fully saturated rings. The minimum absolute atomic E-state index is 0.224. The summed E-state index contributed by atoms with van der Waals surface area (Å²) in [4.78, 5) is 25.1. The van der Waals surface area contributed by atoms with E-state index in [1.807, 2.05) is 0 Å². The zero-order chi connectivity index (χ0) is 13.2. The summed E-state index contributed by atoms with van der Waals surface area (Å²) in [6.07, 6.45) is 3.15. The van der Waals surface area contributed by atoms with Crippen molar-refractivity contribution in [1.29, 1.82) is 0 Å². The van der Waals surface area contributed by atoms with Crippen LogP contribution in [0.15, 0.2) is 0 Å². The molecule has 2 heterocycles. The molecular formula is C12H20N2O4. The summed E-state index contributed by atoms with van der Waals surface area (Å²) in [7, 11) is 0. The molecule has 6 nitrogen and oxygen atoms in total. The first-order valence-corrected chi connectivity index (χ1v) is 6.45. The number of hydrogen-bond acceptors (Lipinski definition) is 4. The van der Waals surface area contributed by atoms with Crippen molar-refractivity contribution in [1.82, 2.24) is 4.90 Å². The van der Waals surface area contributed by atoms with Crippen molar-refractivity contribution in [2.24, 2.45) is 5.73 Å². The van der Waals surface area contributed by atoms with Gasteiger partial charge in [0.2, 0.25) is 5.91 Å². The van der Waals surface area contributed by atoms with Gasteiger partial charge in [-0.25, -0.2) is 4.79 Å². The summed E-state index contributed by atoms with van der Waals surface area (Å²) in [6.45, 7) is 1.43. The predicted octanol–water partition coefficient (Wildman–Crippen LogP) is -0.0400. The molecule has 0 spiro atoms. The summed E-state index contributed by atoms with van der Waals surface area (Å²) in [5.74, 6) is -1.16. The van der Waals surface area contributed by atoms with Crippen LogP contribution in [0.5, 0.6) is 0 Å². The predicted molar refractivity (Wildman–Crippen MR) is 64.0 cm³/mol. The quantitative estimate of drug-likeness (QED) is 0.723. The van der Waals surface area contributed by atoms with Gasteiger partial charge >= 0.3 is 5.97 Å². The maximum Gasteiger partial charge on any atom is 0.326 e. The summed E-state index contributed by atoms with van der Waals surface area (Å²) in [5, 5.41) is 9.18.